The molecule has 1 nitrogen and oxygen atoms in total. The van der Waals surface area contributed by atoms with E-state index in [1.165, 1.54) is 0 Å². The molecule has 0 amide bonds. The number of fused-ring (bicyclic) bond motifs is 1. The quantitative estimate of drug-likeness (QED) is 0.699. The molecule has 0 spiro atoms. The third-order valence-corrected chi connectivity index (χ3v) is 2.65. The van der Waals surface area contributed by atoms with E-state index in [0.717, 1.165) is 15.4 Å². The Hall–Kier alpha value is -0.310. The molecule has 4 heteroatoms. The Morgan fingerprint density at radius 3 is 2.69 bits per heavy atom. The SMILES string of the molecule is Clc1cc(Cl)c2cc(Br)cnc2c1. The molecule has 1 aromatic carbocycles. The lowest BCUT2D eigenvalue weighted by Gasteiger charge is -2.00. The smallest absolute Gasteiger partial charge is 0.0732 e. The average molecular weight is 277 g/mol. The molecule has 1 aromatic heterocycles. The highest BCUT2D eigenvalue weighted by atomic mass is 79.9. The van der Waals surface area contributed by atoms with Crippen molar-refractivity contribution in [3.63, 3.8) is 0 Å². The fraction of sp³-hybridized carbons (Fsp3) is 0. The molecule has 0 atom stereocenters. The van der Waals surface area contributed by atoms with E-state index in [-0.39, 0.29) is 0 Å². The molecule has 0 saturated heterocycles. The van der Waals surface area contributed by atoms with Crippen molar-refractivity contribution in [1.82, 2.24) is 4.98 Å². The number of aromatic nitrogens is 1. The van der Waals surface area contributed by atoms with Crippen molar-refractivity contribution in [2.75, 3.05) is 0 Å². The third-order valence-electron chi connectivity index (χ3n) is 1.68. The molecule has 0 bridgehead atoms. The molecule has 0 aliphatic heterocycles. The highest BCUT2D eigenvalue weighted by molar-refractivity contribution is 9.10. The number of hydrogen-bond acceptors (Lipinski definition) is 1. The first-order chi connectivity index (χ1) is 6.16. The predicted molar refractivity (Wildman–Crippen MR) is 59.5 cm³/mol. The monoisotopic (exact) mass is 275 g/mol. The first kappa shape index (κ1) is 9.25. The van der Waals surface area contributed by atoms with Crippen molar-refractivity contribution in [2.45, 2.75) is 0 Å². The summed E-state index contributed by atoms with van der Waals surface area (Å²) in [6.45, 7) is 0. The maximum atomic E-state index is 5.99. The Kier molecular flexibility index (Phi) is 2.45. The average Bonchev–Trinajstić information content (AvgIpc) is 2.06. The van der Waals surface area contributed by atoms with Gasteiger partial charge in [-0.1, -0.05) is 23.2 Å². The van der Waals surface area contributed by atoms with Gasteiger partial charge in [0.2, 0.25) is 0 Å². The van der Waals surface area contributed by atoms with Gasteiger partial charge in [0.1, 0.15) is 0 Å². The molecule has 0 saturated carbocycles. The van der Waals surface area contributed by atoms with Crippen LogP contribution in [0, 0.1) is 0 Å². The van der Waals surface area contributed by atoms with Crippen LogP contribution in [0.1, 0.15) is 0 Å². The van der Waals surface area contributed by atoms with Crippen LogP contribution in [-0.4, -0.2) is 4.98 Å². The van der Waals surface area contributed by atoms with Gasteiger partial charge in [0.05, 0.1) is 10.5 Å². The van der Waals surface area contributed by atoms with E-state index in [9.17, 15) is 0 Å². The maximum Gasteiger partial charge on any atom is 0.0732 e. The van der Waals surface area contributed by atoms with Gasteiger partial charge in [-0.2, -0.15) is 0 Å². The fourth-order valence-electron chi connectivity index (χ4n) is 1.13. The number of rotatable bonds is 0. The van der Waals surface area contributed by atoms with Gasteiger partial charge in [-0.15, -0.1) is 0 Å². The number of hydrogen-bond donors (Lipinski definition) is 0. The molecule has 13 heavy (non-hydrogen) atoms. The van der Waals surface area contributed by atoms with Crippen LogP contribution in [0.25, 0.3) is 10.9 Å². The van der Waals surface area contributed by atoms with Crippen molar-refractivity contribution in [2.24, 2.45) is 0 Å². The minimum absolute atomic E-state index is 0.604. The highest BCUT2D eigenvalue weighted by Crippen LogP contribution is 2.28. The molecule has 66 valence electrons. The summed E-state index contributed by atoms with van der Waals surface area (Å²) in [4.78, 5) is 4.19. The van der Waals surface area contributed by atoms with E-state index >= 15 is 0 Å². The van der Waals surface area contributed by atoms with E-state index < -0.39 is 0 Å². The summed E-state index contributed by atoms with van der Waals surface area (Å²) in [7, 11) is 0. The Balaban J connectivity index is 2.87. The fourth-order valence-corrected chi connectivity index (χ4v) is 2.00. The number of pyridine rings is 1. The summed E-state index contributed by atoms with van der Waals surface area (Å²) in [5.41, 5.74) is 0.806. The van der Waals surface area contributed by atoms with Crippen LogP contribution < -0.4 is 0 Å². The Morgan fingerprint density at radius 1 is 1.15 bits per heavy atom. The second-order valence-corrected chi connectivity index (χ2v) is 4.37. The summed E-state index contributed by atoms with van der Waals surface area (Å²) >= 11 is 15.1. The van der Waals surface area contributed by atoms with Gasteiger partial charge in [0.15, 0.2) is 0 Å². The summed E-state index contributed by atoms with van der Waals surface area (Å²) in [5, 5.41) is 2.13. The molecule has 0 aliphatic rings. The largest absolute Gasteiger partial charge is 0.255 e. The molecular weight excluding hydrogens is 273 g/mol. The van der Waals surface area contributed by atoms with Gasteiger partial charge in [-0.25, -0.2) is 0 Å². The lowest BCUT2D eigenvalue weighted by Crippen LogP contribution is -1.80. The molecule has 0 N–H and O–H groups in total. The topological polar surface area (TPSA) is 12.9 Å². The standard InChI is InChI=1S/C9H4BrCl2N/c10-5-1-7-8(12)2-6(11)3-9(7)13-4-5/h1-4H. The van der Waals surface area contributed by atoms with Crippen LogP contribution >= 0.6 is 39.1 Å². The molecule has 0 unspecified atom stereocenters. The molecule has 0 aliphatic carbocycles. The van der Waals surface area contributed by atoms with E-state index in [1.807, 2.05) is 6.07 Å². The zero-order valence-corrected chi connectivity index (χ0v) is 9.49. The Bertz CT molecular complexity index is 470. The first-order valence-corrected chi connectivity index (χ1v) is 5.12. The van der Waals surface area contributed by atoms with Crippen molar-refractivity contribution >= 4 is 50.0 Å². The Morgan fingerprint density at radius 2 is 1.92 bits per heavy atom. The summed E-state index contributed by atoms with van der Waals surface area (Å²) < 4.78 is 0.907. The van der Waals surface area contributed by atoms with E-state index in [2.05, 4.69) is 20.9 Å². The van der Waals surface area contributed by atoms with Gasteiger partial charge in [-0.05, 0) is 34.1 Å². The first-order valence-electron chi connectivity index (χ1n) is 3.57. The van der Waals surface area contributed by atoms with Crippen LogP contribution in [0.2, 0.25) is 10.0 Å². The summed E-state index contributed by atoms with van der Waals surface area (Å²) in [6, 6.07) is 5.41. The number of benzene rings is 1. The molecule has 1 heterocycles. The van der Waals surface area contributed by atoms with E-state index in [0.29, 0.717) is 10.0 Å². The van der Waals surface area contributed by atoms with Crippen molar-refractivity contribution < 1.29 is 0 Å². The van der Waals surface area contributed by atoms with Gasteiger partial charge >= 0.3 is 0 Å². The predicted octanol–water partition coefficient (Wildman–Crippen LogP) is 4.30. The lowest BCUT2D eigenvalue weighted by atomic mass is 10.2. The minimum atomic E-state index is 0.604. The zero-order chi connectivity index (χ0) is 9.42. The second-order valence-electron chi connectivity index (χ2n) is 2.61. The van der Waals surface area contributed by atoms with Crippen LogP contribution in [0.3, 0.4) is 0 Å². The van der Waals surface area contributed by atoms with Crippen molar-refractivity contribution in [1.29, 1.82) is 0 Å². The number of halogens is 3. The third kappa shape index (κ3) is 1.80. The molecule has 2 rings (SSSR count). The lowest BCUT2D eigenvalue weighted by molar-refractivity contribution is 1.39. The van der Waals surface area contributed by atoms with Crippen LogP contribution in [0.15, 0.2) is 28.9 Å². The maximum absolute atomic E-state index is 5.99. The van der Waals surface area contributed by atoms with Gasteiger partial charge < -0.3 is 0 Å². The highest BCUT2D eigenvalue weighted by Gasteiger charge is 2.02. The van der Waals surface area contributed by atoms with E-state index in [4.69, 9.17) is 23.2 Å². The minimum Gasteiger partial charge on any atom is -0.255 e. The van der Waals surface area contributed by atoms with Crippen molar-refractivity contribution in [3.8, 4) is 0 Å². The summed E-state index contributed by atoms with van der Waals surface area (Å²) in [6.07, 6.45) is 1.72. The summed E-state index contributed by atoms with van der Waals surface area (Å²) in [5.74, 6) is 0. The normalized spacial score (nSPS) is 10.7. The number of nitrogens with zero attached hydrogens (tertiary/aromatic N) is 1. The molecule has 0 radical (unpaired) electrons. The molecule has 2 aromatic rings. The van der Waals surface area contributed by atoms with Crippen LogP contribution in [0.5, 0.6) is 0 Å². The molecule has 0 fully saturated rings. The van der Waals surface area contributed by atoms with Gasteiger partial charge in [0.25, 0.3) is 0 Å². The van der Waals surface area contributed by atoms with Crippen LogP contribution in [0.4, 0.5) is 0 Å². The molecular formula is C9H4BrCl2N. The Labute approximate surface area is 93.8 Å². The van der Waals surface area contributed by atoms with Gasteiger partial charge in [-0.3, -0.25) is 4.98 Å². The van der Waals surface area contributed by atoms with Gasteiger partial charge in [0, 0.05) is 21.1 Å². The van der Waals surface area contributed by atoms with Crippen molar-refractivity contribution in [3.05, 3.63) is 38.9 Å². The van der Waals surface area contributed by atoms with E-state index in [1.54, 1.807) is 18.3 Å². The second kappa shape index (κ2) is 3.45. The zero-order valence-electron chi connectivity index (χ0n) is 6.39. The van der Waals surface area contributed by atoms with Crippen LogP contribution in [-0.2, 0) is 0 Å².